The topological polar surface area (TPSA) is 38.5 Å². The van der Waals surface area contributed by atoms with E-state index in [1.165, 1.54) is 11.3 Å². The van der Waals surface area contributed by atoms with Crippen LogP contribution in [0, 0.1) is 6.92 Å². The van der Waals surface area contributed by atoms with Crippen LogP contribution in [0.2, 0.25) is 0 Å². The normalized spacial score (nSPS) is 12.0. The number of nitrogens with two attached hydrogens (primary N) is 1. The van der Waals surface area contributed by atoms with Crippen molar-refractivity contribution in [2.75, 3.05) is 25.1 Å². The number of hydrogen-bond donors (Lipinski definition) is 1. The van der Waals surface area contributed by atoms with Gasteiger partial charge in [-0.2, -0.15) is 0 Å². The Morgan fingerprint density at radius 1 is 1.14 bits per heavy atom. The summed E-state index contributed by atoms with van der Waals surface area (Å²) in [6.45, 7) is 6.00. The summed E-state index contributed by atoms with van der Waals surface area (Å²) in [6, 6.07) is 16.5. The lowest BCUT2D eigenvalue weighted by molar-refractivity contribution is 0.414. The van der Waals surface area contributed by atoms with E-state index in [4.69, 9.17) is 10.5 Å². The van der Waals surface area contributed by atoms with Crippen molar-refractivity contribution < 1.29 is 4.74 Å². The van der Waals surface area contributed by atoms with E-state index in [1.54, 1.807) is 7.11 Å². The number of rotatable bonds is 6. The van der Waals surface area contributed by atoms with Gasteiger partial charge < -0.3 is 15.4 Å². The lowest BCUT2D eigenvalue weighted by Gasteiger charge is -2.27. The van der Waals surface area contributed by atoms with Crippen LogP contribution in [0.4, 0.5) is 5.69 Å². The van der Waals surface area contributed by atoms with E-state index < -0.39 is 0 Å². The summed E-state index contributed by atoms with van der Waals surface area (Å²) in [5, 5.41) is 0. The van der Waals surface area contributed by atoms with Gasteiger partial charge in [0, 0.05) is 24.8 Å². The second-order valence-electron chi connectivity index (χ2n) is 5.26. The molecular weight excluding hydrogens is 260 g/mol. The fourth-order valence-electron chi connectivity index (χ4n) is 2.44. The monoisotopic (exact) mass is 284 g/mol. The van der Waals surface area contributed by atoms with Crippen LogP contribution in [-0.2, 0) is 0 Å². The zero-order valence-corrected chi connectivity index (χ0v) is 13.0. The number of likely N-dealkylation sites (N-methyl/N-ethyl adjacent to an activating group) is 1. The maximum Gasteiger partial charge on any atom is 0.118 e. The summed E-state index contributed by atoms with van der Waals surface area (Å²) >= 11 is 0. The van der Waals surface area contributed by atoms with E-state index >= 15 is 0 Å². The number of nitrogens with zero attached hydrogens (tertiary/aromatic N) is 1. The molecule has 0 saturated carbocycles. The largest absolute Gasteiger partial charge is 0.497 e. The summed E-state index contributed by atoms with van der Waals surface area (Å²) in [5.74, 6) is 0.858. The Kier molecular flexibility index (Phi) is 5.23. The van der Waals surface area contributed by atoms with Gasteiger partial charge in [0.25, 0.3) is 0 Å². The van der Waals surface area contributed by atoms with Crippen molar-refractivity contribution >= 4 is 5.69 Å². The minimum Gasteiger partial charge on any atom is -0.497 e. The molecule has 0 aliphatic rings. The van der Waals surface area contributed by atoms with Gasteiger partial charge in [-0.3, -0.25) is 0 Å². The molecule has 0 radical (unpaired) electrons. The molecule has 0 saturated heterocycles. The summed E-state index contributed by atoms with van der Waals surface area (Å²) in [6.07, 6.45) is 0. The lowest BCUT2D eigenvalue weighted by Crippen LogP contribution is -2.32. The Labute approximate surface area is 127 Å². The first-order chi connectivity index (χ1) is 10.1. The predicted octanol–water partition coefficient (Wildman–Crippen LogP) is 3.53. The lowest BCUT2D eigenvalue weighted by atomic mass is 10.1. The Morgan fingerprint density at radius 2 is 1.86 bits per heavy atom. The minimum absolute atomic E-state index is 0.0173. The first-order valence-corrected chi connectivity index (χ1v) is 7.35. The highest BCUT2D eigenvalue weighted by molar-refractivity contribution is 5.48. The smallest absolute Gasteiger partial charge is 0.118 e. The van der Waals surface area contributed by atoms with Gasteiger partial charge >= 0.3 is 0 Å². The van der Waals surface area contributed by atoms with Crippen molar-refractivity contribution in [1.29, 1.82) is 0 Å². The highest BCUT2D eigenvalue weighted by Crippen LogP contribution is 2.21. The van der Waals surface area contributed by atoms with E-state index in [-0.39, 0.29) is 6.04 Å². The Bertz CT molecular complexity index is 566. The average Bonchev–Trinajstić information content (AvgIpc) is 2.52. The maximum atomic E-state index is 6.36. The molecule has 0 aliphatic carbocycles. The molecule has 2 rings (SSSR count). The van der Waals surface area contributed by atoms with Crippen LogP contribution < -0.4 is 15.4 Å². The molecule has 0 bridgehead atoms. The summed E-state index contributed by atoms with van der Waals surface area (Å²) in [5.41, 5.74) is 9.97. The van der Waals surface area contributed by atoms with Crippen molar-refractivity contribution in [1.82, 2.24) is 0 Å². The van der Waals surface area contributed by atoms with E-state index in [2.05, 4.69) is 43.0 Å². The second-order valence-corrected chi connectivity index (χ2v) is 5.26. The summed E-state index contributed by atoms with van der Waals surface area (Å²) in [7, 11) is 1.67. The first-order valence-electron chi connectivity index (χ1n) is 7.35. The molecule has 112 valence electrons. The standard InChI is InChI=1S/C18H24N2O/c1-4-20(16-7-5-6-14(2)12-16)13-18(19)15-8-10-17(21-3)11-9-15/h5-12,18H,4,13,19H2,1-3H3. The SMILES string of the molecule is CCN(CC(N)c1ccc(OC)cc1)c1cccc(C)c1. The fourth-order valence-corrected chi connectivity index (χ4v) is 2.44. The highest BCUT2D eigenvalue weighted by atomic mass is 16.5. The van der Waals surface area contributed by atoms with Crippen LogP contribution in [-0.4, -0.2) is 20.2 Å². The molecule has 1 unspecified atom stereocenters. The summed E-state index contributed by atoms with van der Waals surface area (Å²) in [4.78, 5) is 2.31. The Morgan fingerprint density at radius 3 is 2.43 bits per heavy atom. The molecule has 1 atom stereocenters. The van der Waals surface area contributed by atoms with Crippen molar-refractivity contribution in [2.24, 2.45) is 5.73 Å². The van der Waals surface area contributed by atoms with Gasteiger partial charge in [-0.1, -0.05) is 24.3 Å². The molecule has 0 aliphatic heterocycles. The first kappa shape index (κ1) is 15.4. The summed E-state index contributed by atoms with van der Waals surface area (Å²) < 4.78 is 5.18. The predicted molar refractivity (Wildman–Crippen MR) is 89.0 cm³/mol. The molecule has 2 aromatic carbocycles. The van der Waals surface area contributed by atoms with Gasteiger partial charge in [0.15, 0.2) is 0 Å². The van der Waals surface area contributed by atoms with Crippen molar-refractivity contribution in [2.45, 2.75) is 19.9 Å². The number of aryl methyl sites for hydroxylation is 1. The molecule has 2 aromatic rings. The molecule has 0 amide bonds. The van der Waals surface area contributed by atoms with Crippen LogP contribution in [0.3, 0.4) is 0 Å². The van der Waals surface area contributed by atoms with Gasteiger partial charge in [0.05, 0.1) is 7.11 Å². The zero-order chi connectivity index (χ0) is 15.2. The third-order valence-electron chi connectivity index (χ3n) is 3.71. The quantitative estimate of drug-likeness (QED) is 0.882. The molecule has 2 N–H and O–H groups in total. The van der Waals surface area contributed by atoms with Gasteiger partial charge in [-0.15, -0.1) is 0 Å². The average molecular weight is 284 g/mol. The van der Waals surface area contributed by atoms with Gasteiger partial charge in [0.1, 0.15) is 5.75 Å². The molecule has 3 heteroatoms. The maximum absolute atomic E-state index is 6.36. The number of hydrogen-bond acceptors (Lipinski definition) is 3. The molecular formula is C18H24N2O. The number of benzene rings is 2. The van der Waals surface area contributed by atoms with Crippen LogP contribution in [0.1, 0.15) is 24.1 Å². The molecule has 0 spiro atoms. The van der Waals surface area contributed by atoms with Crippen LogP contribution in [0.15, 0.2) is 48.5 Å². The van der Waals surface area contributed by atoms with E-state index in [0.29, 0.717) is 0 Å². The number of ether oxygens (including phenoxy) is 1. The molecule has 21 heavy (non-hydrogen) atoms. The van der Waals surface area contributed by atoms with E-state index in [0.717, 1.165) is 24.4 Å². The van der Waals surface area contributed by atoms with E-state index in [1.807, 2.05) is 24.3 Å². The van der Waals surface area contributed by atoms with Crippen LogP contribution in [0.5, 0.6) is 5.75 Å². The highest BCUT2D eigenvalue weighted by Gasteiger charge is 2.12. The van der Waals surface area contributed by atoms with Gasteiger partial charge in [-0.25, -0.2) is 0 Å². The fraction of sp³-hybridized carbons (Fsp3) is 0.333. The molecule has 3 nitrogen and oxygen atoms in total. The number of methoxy groups -OCH3 is 1. The van der Waals surface area contributed by atoms with Crippen LogP contribution >= 0.6 is 0 Å². The zero-order valence-electron chi connectivity index (χ0n) is 13.0. The molecule has 0 aromatic heterocycles. The Balaban J connectivity index is 2.10. The Hall–Kier alpha value is -2.00. The van der Waals surface area contributed by atoms with Gasteiger partial charge in [0.2, 0.25) is 0 Å². The van der Waals surface area contributed by atoms with Crippen molar-refractivity contribution in [3.05, 3.63) is 59.7 Å². The third-order valence-corrected chi connectivity index (χ3v) is 3.71. The minimum atomic E-state index is -0.0173. The number of anilines is 1. The molecule has 0 heterocycles. The van der Waals surface area contributed by atoms with E-state index in [9.17, 15) is 0 Å². The third kappa shape index (κ3) is 3.99. The van der Waals surface area contributed by atoms with Gasteiger partial charge in [-0.05, 0) is 49.2 Å². The van der Waals surface area contributed by atoms with Crippen molar-refractivity contribution in [3.8, 4) is 5.75 Å². The molecule has 0 fully saturated rings. The second kappa shape index (κ2) is 7.14. The van der Waals surface area contributed by atoms with Crippen molar-refractivity contribution in [3.63, 3.8) is 0 Å². The van der Waals surface area contributed by atoms with Crippen LogP contribution in [0.25, 0.3) is 0 Å².